The van der Waals surface area contributed by atoms with Crippen LogP contribution in [0.5, 0.6) is 0 Å². The third-order valence-corrected chi connectivity index (χ3v) is 4.81. The number of unbranched alkanes of at least 4 members (excludes halogenated alkanes) is 10. The highest BCUT2D eigenvalue weighted by Crippen LogP contribution is 2.09. The van der Waals surface area contributed by atoms with E-state index < -0.39 is 6.10 Å². The van der Waals surface area contributed by atoms with Crippen LogP contribution in [0.25, 0.3) is 0 Å². The fraction of sp³-hybridized carbons (Fsp3) is 0.870. The summed E-state index contributed by atoms with van der Waals surface area (Å²) in [5.41, 5.74) is 0. The largest absolute Gasteiger partial charge is 0.464 e. The van der Waals surface area contributed by atoms with Gasteiger partial charge in [0.2, 0.25) is 0 Å². The Hall–Kier alpha value is -1.59. The Kier molecular flexibility index (Phi) is 18.6. The van der Waals surface area contributed by atoms with Crippen LogP contribution in [-0.2, 0) is 23.9 Å². The van der Waals surface area contributed by atoms with E-state index in [-0.39, 0.29) is 31.0 Å². The van der Waals surface area contributed by atoms with Crippen LogP contribution in [-0.4, -0.2) is 37.1 Å². The fourth-order valence-electron chi connectivity index (χ4n) is 2.96. The molecule has 6 heteroatoms. The predicted molar refractivity (Wildman–Crippen MR) is 116 cm³/mol. The first kappa shape index (κ1) is 27.4. The first-order valence-electron chi connectivity index (χ1n) is 11.6. The lowest BCUT2D eigenvalue weighted by Gasteiger charge is -2.13. The van der Waals surface area contributed by atoms with Crippen molar-refractivity contribution >= 4 is 17.8 Å². The zero-order valence-electron chi connectivity index (χ0n) is 18.9. The molecule has 0 spiro atoms. The molecule has 0 saturated carbocycles. The van der Waals surface area contributed by atoms with Crippen molar-refractivity contribution in [2.24, 2.45) is 0 Å². The van der Waals surface area contributed by atoms with Gasteiger partial charge < -0.3 is 14.8 Å². The van der Waals surface area contributed by atoms with E-state index in [0.29, 0.717) is 12.8 Å². The van der Waals surface area contributed by atoms with Crippen molar-refractivity contribution < 1.29 is 23.9 Å². The van der Waals surface area contributed by atoms with Crippen molar-refractivity contribution in [3.8, 4) is 0 Å². The van der Waals surface area contributed by atoms with Gasteiger partial charge in [0.1, 0.15) is 6.61 Å². The molecular formula is C23H43NO5. The second-order valence-corrected chi connectivity index (χ2v) is 7.68. The van der Waals surface area contributed by atoms with Crippen LogP contribution >= 0.6 is 0 Å². The molecule has 29 heavy (non-hydrogen) atoms. The van der Waals surface area contributed by atoms with Crippen molar-refractivity contribution in [1.82, 2.24) is 5.32 Å². The van der Waals surface area contributed by atoms with Gasteiger partial charge in [-0.3, -0.25) is 14.4 Å². The van der Waals surface area contributed by atoms with Crippen LogP contribution in [0, 0.1) is 0 Å². The summed E-state index contributed by atoms with van der Waals surface area (Å²) < 4.78 is 10.3. The SMILES string of the molecule is CCCCCCCCC(=O)OCCNC(=O)[C@H](C)OC(=O)CCCCCCCC. The Labute approximate surface area is 177 Å². The van der Waals surface area contributed by atoms with Crippen LogP contribution in [0.15, 0.2) is 0 Å². The van der Waals surface area contributed by atoms with Crippen LogP contribution in [0.2, 0.25) is 0 Å². The summed E-state index contributed by atoms with van der Waals surface area (Å²) in [6.07, 6.45) is 13.3. The lowest BCUT2D eigenvalue weighted by molar-refractivity contribution is -0.155. The van der Waals surface area contributed by atoms with E-state index in [1.54, 1.807) is 6.92 Å². The van der Waals surface area contributed by atoms with Gasteiger partial charge in [0.15, 0.2) is 6.10 Å². The van der Waals surface area contributed by atoms with Gasteiger partial charge in [-0.1, -0.05) is 78.1 Å². The monoisotopic (exact) mass is 413 g/mol. The number of amides is 1. The van der Waals surface area contributed by atoms with E-state index in [2.05, 4.69) is 19.2 Å². The van der Waals surface area contributed by atoms with Gasteiger partial charge in [-0.15, -0.1) is 0 Å². The van der Waals surface area contributed by atoms with E-state index in [9.17, 15) is 14.4 Å². The average Bonchev–Trinajstić information content (AvgIpc) is 2.70. The zero-order chi connectivity index (χ0) is 21.7. The van der Waals surface area contributed by atoms with Gasteiger partial charge >= 0.3 is 11.9 Å². The van der Waals surface area contributed by atoms with Gasteiger partial charge in [-0.05, 0) is 19.8 Å². The van der Waals surface area contributed by atoms with Gasteiger partial charge in [0, 0.05) is 12.8 Å². The molecule has 0 radical (unpaired) electrons. The van der Waals surface area contributed by atoms with Crippen molar-refractivity contribution in [2.45, 2.75) is 117 Å². The molecule has 1 atom stereocenters. The molecule has 1 amide bonds. The molecule has 0 aliphatic heterocycles. The van der Waals surface area contributed by atoms with Gasteiger partial charge in [0.05, 0.1) is 6.54 Å². The normalized spacial score (nSPS) is 11.7. The topological polar surface area (TPSA) is 81.7 Å². The highest BCUT2D eigenvalue weighted by Gasteiger charge is 2.17. The minimum Gasteiger partial charge on any atom is -0.464 e. The van der Waals surface area contributed by atoms with E-state index in [0.717, 1.165) is 38.5 Å². The number of hydrogen-bond donors (Lipinski definition) is 1. The molecule has 0 aromatic carbocycles. The number of esters is 2. The number of carbonyl (C=O) groups is 3. The van der Waals surface area contributed by atoms with Crippen LogP contribution in [0.1, 0.15) is 111 Å². The summed E-state index contributed by atoms with van der Waals surface area (Å²) in [6, 6.07) is 0. The maximum absolute atomic E-state index is 11.9. The molecule has 0 bridgehead atoms. The average molecular weight is 414 g/mol. The Bertz CT molecular complexity index is 439. The molecule has 0 fully saturated rings. The third-order valence-electron chi connectivity index (χ3n) is 4.81. The van der Waals surface area contributed by atoms with Crippen molar-refractivity contribution in [1.29, 1.82) is 0 Å². The van der Waals surface area contributed by atoms with Gasteiger partial charge in [-0.25, -0.2) is 0 Å². The fourth-order valence-corrected chi connectivity index (χ4v) is 2.96. The van der Waals surface area contributed by atoms with Crippen LogP contribution < -0.4 is 5.32 Å². The summed E-state index contributed by atoms with van der Waals surface area (Å²) in [5.74, 6) is -0.935. The molecule has 6 nitrogen and oxygen atoms in total. The summed E-state index contributed by atoms with van der Waals surface area (Å²) in [7, 11) is 0. The first-order valence-corrected chi connectivity index (χ1v) is 11.6. The molecule has 0 aliphatic carbocycles. The smallest absolute Gasteiger partial charge is 0.306 e. The second kappa shape index (κ2) is 19.7. The quantitative estimate of drug-likeness (QED) is 0.236. The lowest BCUT2D eigenvalue weighted by Crippen LogP contribution is -2.37. The Balaban J connectivity index is 3.65. The molecule has 1 N–H and O–H groups in total. The van der Waals surface area contributed by atoms with Crippen molar-refractivity contribution in [3.05, 3.63) is 0 Å². The van der Waals surface area contributed by atoms with Gasteiger partial charge in [0.25, 0.3) is 5.91 Å². The summed E-state index contributed by atoms with van der Waals surface area (Å²) in [4.78, 5) is 35.4. The minimum atomic E-state index is -0.832. The Morgan fingerprint density at radius 3 is 1.76 bits per heavy atom. The van der Waals surface area contributed by atoms with Crippen molar-refractivity contribution in [3.63, 3.8) is 0 Å². The molecule has 0 saturated heterocycles. The predicted octanol–water partition coefficient (Wildman–Crippen LogP) is 5.08. The van der Waals surface area contributed by atoms with E-state index >= 15 is 0 Å². The van der Waals surface area contributed by atoms with Gasteiger partial charge in [-0.2, -0.15) is 0 Å². The zero-order valence-corrected chi connectivity index (χ0v) is 18.9. The third kappa shape index (κ3) is 18.2. The molecule has 0 aromatic heterocycles. The van der Waals surface area contributed by atoms with Crippen LogP contribution in [0.3, 0.4) is 0 Å². The van der Waals surface area contributed by atoms with Crippen molar-refractivity contribution in [2.75, 3.05) is 13.2 Å². The maximum atomic E-state index is 11.9. The summed E-state index contributed by atoms with van der Waals surface area (Å²) in [5, 5.41) is 2.63. The minimum absolute atomic E-state index is 0.138. The Morgan fingerprint density at radius 2 is 1.21 bits per heavy atom. The standard InChI is InChI=1S/C23H43NO5/c1-4-6-8-10-12-14-16-21(25)28-19-18-24-23(27)20(3)29-22(26)17-15-13-11-9-7-5-2/h20H,4-19H2,1-3H3,(H,24,27)/t20-/m0/s1. The highest BCUT2D eigenvalue weighted by atomic mass is 16.5. The van der Waals surface area contributed by atoms with E-state index in [1.807, 2.05) is 0 Å². The lowest BCUT2D eigenvalue weighted by atomic mass is 10.1. The molecule has 170 valence electrons. The first-order chi connectivity index (χ1) is 14.0. The molecule has 0 unspecified atom stereocenters. The molecule has 0 aromatic rings. The van der Waals surface area contributed by atoms with Crippen LogP contribution in [0.4, 0.5) is 0 Å². The Morgan fingerprint density at radius 1 is 0.724 bits per heavy atom. The van der Waals surface area contributed by atoms with E-state index in [4.69, 9.17) is 9.47 Å². The summed E-state index contributed by atoms with van der Waals surface area (Å²) >= 11 is 0. The molecule has 0 aliphatic rings. The van der Waals surface area contributed by atoms with E-state index in [1.165, 1.54) is 38.5 Å². The number of carbonyl (C=O) groups excluding carboxylic acids is 3. The number of hydrogen-bond acceptors (Lipinski definition) is 5. The highest BCUT2D eigenvalue weighted by molar-refractivity contribution is 5.83. The molecular weight excluding hydrogens is 370 g/mol. The summed E-state index contributed by atoms with van der Waals surface area (Å²) in [6.45, 7) is 6.26. The number of rotatable bonds is 19. The number of ether oxygens (including phenoxy) is 2. The maximum Gasteiger partial charge on any atom is 0.306 e. The molecule has 0 rings (SSSR count). The number of nitrogens with one attached hydrogen (secondary N) is 1. The second-order valence-electron chi connectivity index (χ2n) is 7.68. The molecule has 0 heterocycles.